The Kier molecular flexibility index (Phi) is 3.08. The zero-order valence-electron chi connectivity index (χ0n) is 12.4. The van der Waals surface area contributed by atoms with Gasteiger partial charge in [0.1, 0.15) is 0 Å². The molecule has 3 heteroatoms. The second kappa shape index (κ2) is 4.81. The molecule has 2 atom stereocenters. The number of pyridine rings is 1. The second-order valence-electron chi connectivity index (χ2n) is 7.24. The number of nitrogens with one attached hydrogen (secondary N) is 1. The quantitative estimate of drug-likeness (QED) is 0.911. The van der Waals surface area contributed by atoms with Crippen molar-refractivity contribution >= 4 is 0 Å². The van der Waals surface area contributed by atoms with Crippen molar-refractivity contribution in [3.8, 4) is 0 Å². The van der Waals surface area contributed by atoms with Gasteiger partial charge in [0.15, 0.2) is 0 Å². The van der Waals surface area contributed by atoms with Crippen LogP contribution in [0.4, 0.5) is 0 Å². The predicted octanol–water partition coefficient (Wildman–Crippen LogP) is 2.43. The molecule has 2 saturated carbocycles. The summed E-state index contributed by atoms with van der Waals surface area (Å²) in [5, 5.41) is 3.89. The van der Waals surface area contributed by atoms with Crippen molar-refractivity contribution in [3.05, 3.63) is 30.1 Å². The SMILES string of the molecule is CC1(C2CC2)CN(Cc2cccnc2)C(C2CC2)CN1. The fraction of sp³-hybridized carbons (Fsp3) is 0.706. The highest BCUT2D eigenvalue weighted by molar-refractivity contribution is 5.12. The van der Waals surface area contributed by atoms with E-state index in [0.29, 0.717) is 5.54 Å². The van der Waals surface area contributed by atoms with E-state index in [4.69, 9.17) is 0 Å². The lowest BCUT2D eigenvalue weighted by Crippen LogP contribution is -2.64. The molecule has 108 valence electrons. The molecule has 20 heavy (non-hydrogen) atoms. The van der Waals surface area contributed by atoms with Crippen molar-refractivity contribution in [1.29, 1.82) is 0 Å². The van der Waals surface area contributed by atoms with Gasteiger partial charge in [-0.15, -0.1) is 0 Å². The molecule has 0 bridgehead atoms. The lowest BCUT2D eigenvalue weighted by molar-refractivity contribution is 0.0577. The first kappa shape index (κ1) is 12.8. The van der Waals surface area contributed by atoms with Crippen molar-refractivity contribution in [2.75, 3.05) is 13.1 Å². The standard InChI is InChI=1S/C17H25N3/c1-17(15-6-7-15)12-20(11-13-3-2-8-18-9-13)16(10-19-17)14-4-5-14/h2-3,8-9,14-16,19H,4-7,10-12H2,1H3. The number of nitrogens with zero attached hydrogens (tertiary/aromatic N) is 2. The highest BCUT2D eigenvalue weighted by Crippen LogP contribution is 2.44. The third-order valence-corrected chi connectivity index (χ3v) is 5.47. The predicted molar refractivity (Wildman–Crippen MR) is 80.3 cm³/mol. The summed E-state index contributed by atoms with van der Waals surface area (Å²) in [6.45, 7) is 5.88. The Labute approximate surface area is 121 Å². The number of rotatable bonds is 4. The molecule has 0 spiro atoms. The molecule has 0 radical (unpaired) electrons. The molecule has 0 amide bonds. The molecule has 2 aliphatic carbocycles. The molecule has 1 aliphatic heterocycles. The Balaban J connectivity index is 1.52. The van der Waals surface area contributed by atoms with E-state index in [-0.39, 0.29) is 0 Å². The van der Waals surface area contributed by atoms with E-state index in [1.165, 1.54) is 44.3 Å². The van der Waals surface area contributed by atoms with Gasteiger partial charge in [-0.25, -0.2) is 0 Å². The average molecular weight is 271 g/mol. The largest absolute Gasteiger partial charge is 0.308 e. The number of hydrogen-bond acceptors (Lipinski definition) is 3. The van der Waals surface area contributed by atoms with E-state index >= 15 is 0 Å². The third-order valence-electron chi connectivity index (χ3n) is 5.47. The molecule has 3 fully saturated rings. The van der Waals surface area contributed by atoms with Crippen LogP contribution < -0.4 is 5.32 Å². The minimum absolute atomic E-state index is 0.341. The zero-order valence-corrected chi connectivity index (χ0v) is 12.4. The summed E-state index contributed by atoms with van der Waals surface area (Å²) in [6.07, 6.45) is 9.58. The molecule has 4 rings (SSSR count). The van der Waals surface area contributed by atoms with E-state index in [1.54, 1.807) is 0 Å². The molecule has 2 unspecified atom stereocenters. The van der Waals surface area contributed by atoms with Crippen molar-refractivity contribution in [2.45, 2.75) is 50.7 Å². The third kappa shape index (κ3) is 2.49. The molecule has 1 aromatic heterocycles. The summed E-state index contributed by atoms with van der Waals surface area (Å²) in [7, 11) is 0. The van der Waals surface area contributed by atoms with Crippen molar-refractivity contribution in [1.82, 2.24) is 15.2 Å². The topological polar surface area (TPSA) is 28.2 Å². The Hall–Kier alpha value is -0.930. The van der Waals surface area contributed by atoms with Gasteiger partial charge >= 0.3 is 0 Å². The first-order valence-corrected chi connectivity index (χ1v) is 8.12. The molecular formula is C17H25N3. The minimum atomic E-state index is 0.341. The fourth-order valence-corrected chi connectivity index (χ4v) is 3.90. The van der Waals surface area contributed by atoms with Gasteiger partial charge in [-0.3, -0.25) is 9.88 Å². The summed E-state index contributed by atoms with van der Waals surface area (Å²) in [5.41, 5.74) is 1.70. The van der Waals surface area contributed by atoms with Crippen LogP contribution in [0.1, 0.15) is 38.2 Å². The van der Waals surface area contributed by atoms with E-state index in [0.717, 1.165) is 24.4 Å². The monoisotopic (exact) mass is 271 g/mol. The van der Waals surface area contributed by atoms with Gasteiger partial charge in [-0.1, -0.05) is 6.07 Å². The molecule has 1 N–H and O–H groups in total. The maximum atomic E-state index is 4.28. The highest BCUT2D eigenvalue weighted by atomic mass is 15.3. The highest BCUT2D eigenvalue weighted by Gasteiger charge is 2.48. The van der Waals surface area contributed by atoms with Crippen LogP contribution in [0.3, 0.4) is 0 Å². The summed E-state index contributed by atoms with van der Waals surface area (Å²) in [4.78, 5) is 7.02. The van der Waals surface area contributed by atoms with E-state index in [9.17, 15) is 0 Å². The van der Waals surface area contributed by atoms with Crippen molar-refractivity contribution < 1.29 is 0 Å². The summed E-state index contributed by atoms with van der Waals surface area (Å²) in [5.74, 6) is 1.84. The van der Waals surface area contributed by atoms with Gasteiger partial charge in [-0.2, -0.15) is 0 Å². The van der Waals surface area contributed by atoms with Crippen LogP contribution in [0.5, 0.6) is 0 Å². The second-order valence-corrected chi connectivity index (χ2v) is 7.24. The van der Waals surface area contributed by atoms with Crippen LogP contribution in [0, 0.1) is 11.8 Å². The molecule has 3 nitrogen and oxygen atoms in total. The van der Waals surface area contributed by atoms with Crippen LogP contribution in [0.15, 0.2) is 24.5 Å². The Morgan fingerprint density at radius 3 is 2.85 bits per heavy atom. The van der Waals surface area contributed by atoms with Gasteiger partial charge in [0.2, 0.25) is 0 Å². The first-order valence-electron chi connectivity index (χ1n) is 8.12. The summed E-state index contributed by atoms with van der Waals surface area (Å²) in [6, 6.07) is 5.01. The average Bonchev–Trinajstić information content (AvgIpc) is 3.31. The van der Waals surface area contributed by atoms with Gasteiger partial charge in [0.25, 0.3) is 0 Å². The van der Waals surface area contributed by atoms with Crippen LogP contribution >= 0.6 is 0 Å². The Bertz CT molecular complexity index is 466. The smallest absolute Gasteiger partial charge is 0.0312 e. The van der Waals surface area contributed by atoms with E-state index in [1.807, 2.05) is 12.4 Å². The van der Waals surface area contributed by atoms with Gasteiger partial charge < -0.3 is 5.32 Å². The summed E-state index contributed by atoms with van der Waals surface area (Å²) < 4.78 is 0. The van der Waals surface area contributed by atoms with Crippen LogP contribution in [-0.4, -0.2) is 34.6 Å². The van der Waals surface area contributed by atoms with Crippen LogP contribution in [0.25, 0.3) is 0 Å². The zero-order chi connectivity index (χ0) is 13.6. The minimum Gasteiger partial charge on any atom is -0.308 e. The van der Waals surface area contributed by atoms with E-state index < -0.39 is 0 Å². The molecular weight excluding hydrogens is 246 g/mol. The first-order chi connectivity index (χ1) is 9.74. The van der Waals surface area contributed by atoms with Crippen LogP contribution in [0.2, 0.25) is 0 Å². The maximum absolute atomic E-state index is 4.28. The lowest BCUT2D eigenvalue weighted by atomic mass is 9.89. The normalized spacial score (nSPS) is 35.1. The van der Waals surface area contributed by atoms with Crippen LogP contribution in [-0.2, 0) is 6.54 Å². The molecule has 1 saturated heterocycles. The van der Waals surface area contributed by atoms with Crippen molar-refractivity contribution in [2.24, 2.45) is 11.8 Å². The lowest BCUT2D eigenvalue weighted by Gasteiger charge is -2.47. The molecule has 0 aromatic carbocycles. The summed E-state index contributed by atoms with van der Waals surface area (Å²) >= 11 is 0. The van der Waals surface area contributed by atoms with Gasteiger partial charge in [0.05, 0.1) is 0 Å². The molecule has 1 aromatic rings. The van der Waals surface area contributed by atoms with Crippen molar-refractivity contribution in [3.63, 3.8) is 0 Å². The van der Waals surface area contributed by atoms with Gasteiger partial charge in [0, 0.05) is 43.6 Å². The molecule has 2 heterocycles. The van der Waals surface area contributed by atoms with E-state index in [2.05, 4.69) is 34.3 Å². The Morgan fingerprint density at radius 1 is 1.35 bits per heavy atom. The molecule has 3 aliphatic rings. The number of hydrogen-bond donors (Lipinski definition) is 1. The van der Waals surface area contributed by atoms with Gasteiger partial charge in [-0.05, 0) is 56.1 Å². The fourth-order valence-electron chi connectivity index (χ4n) is 3.90. The number of aromatic nitrogens is 1. The maximum Gasteiger partial charge on any atom is 0.0312 e. The number of piperazine rings is 1. The Morgan fingerprint density at radius 2 is 2.20 bits per heavy atom.